The topological polar surface area (TPSA) is 48.9 Å². The highest BCUT2D eigenvalue weighted by Gasteiger charge is 2.31. The summed E-state index contributed by atoms with van der Waals surface area (Å²) in [6, 6.07) is 6.33. The average Bonchev–Trinajstić information content (AvgIpc) is 3.10. The fourth-order valence-electron chi connectivity index (χ4n) is 3.69. The van der Waals surface area contributed by atoms with Crippen LogP contribution in [0.2, 0.25) is 0 Å². The van der Waals surface area contributed by atoms with Crippen molar-refractivity contribution >= 4 is 5.91 Å². The molecule has 3 heterocycles. The normalized spacial score (nSPS) is 21.9. The number of likely N-dealkylation sites (tertiary alicyclic amines) is 1. The van der Waals surface area contributed by atoms with Crippen molar-refractivity contribution in [2.24, 2.45) is 0 Å². The number of nitrogens with zero attached hydrogens (tertiary/aromatic N) is 4. The summed E-state index contributed by atoms with van der Waals surface area (Å²) < 4.78 is 5.37. The van der Waals surface area contributed by atoms with Crippen LogP contribution in [0.4, 0.5) is 0 Å². The predicted molar refractivity (Wildman–Crippen MR) is 97.2 cm³/mol. The van der Waals surface area contributed by atoms with Crippen molar-refractivity contribution in [1.82, 2.24) is 19.7 Å². The summed E-state index contributed by atoms with van der Waals surface area (Å²) in [6.07, 6.45) is 2.67. The number of hydrogen-bond donors (Lipinski definition) is 0. The molecule has 0 N–H and O–H groups in total. The summed E-state index contributed by atoms with van der Waals surface area (Å²) in [5.74, 6) is 0.258. The van der Waals surface area contributed by atoms with Crippen LogP contribution in [-0.2, 0) is 16.1 Å². The summed E-state index contributed by atoms with van der Waals surface area (Å²) in [4.78, 5) is 24.1. The number of carbonyl (C=O) groups excluding carboxylic acids is 1. The van der Waals surface area contributed by atoms with E-state index in [2.05, 4.69) is 28.0 Å². The van der Waals surface area contributed by atoms with E-state index in [9.17, 15) is 4.79 Å². The van der Waals surface area contributed by atoms with Crippen LogP contribution in [0.15, 0.2) is 18.2 Å². The maximum atomic E-state index is 12.8. The summed E-state index contributed by atoms with van der Waals surface area (Å²) in [5.41, 5.74) is 2.10. The Labute approximate surface area is 150 Å². The minimum absolute atomic E-state index is 0.138. The Morgan fingerprint density at radius 3 is 2.84 bits per heavy atom. The molecule has 0 bridgehead atoms. The minimum Gasteiger partial charge on any atom is -0.379 e. The Bertz CT molecular complexity index is 572. The van der Waals surface area contributed by atoms with Gasteiger partial charge >= 0.3 is 0 Å². The van der Waals surface area contributed by atoms with Gasteiger partial charge in [0.05, 0.1) is 30.6 Å². The second kappa shape index (κ2) is 8.74. The zero-order valence-corrected chi connectivity index (χ0v) is 15.5. The van der Waals surface area contributed by atoms with Crippen molar-refractivity contribution in [2.45, 2.75) is 31.8 Å². The first kappa shape index (κ1) is 18.3. The monoisotopic (exact) mass is 346 g/mol. The van der Waals surface area contributed by atoms with Gasteiger partial charge in [0.15, 0.2) is 0 Å². The zero-order chi connectivity index (χ0) is 17.6. The summed E-state index contributed by atoms with van der Waals surface area (Å²) in [6.45, 7) is 5.94. The number of aromatic nitrogens is 1. The van der Waals surface area contributed by atoms with E-state index in [0.29, 0.717) is 6.42 Å². The van der Waals surface area contributed by atoms with Crippen LogP contribution in [0, 0.1) is 0 Å². The highest BCUT2D eigenvalue weighted by atomic mass is 16.5. The molecule has 0 unspecified atom stereocenters. The standard InChI is InChI=1S/C19H30N4O2/c1-21(2)15-16-5-3-6-17(20-16)18-7-4-9-23(18)19(24)8-10-22-11-13-25-14-12-22/h3,5-6,18H,4,7-15H2,1-2H3/t18-/m0/s1. The van der Waals surface area contributed by atoms with Gasteiger partial charge in [0.25, 0.3) is 0 Å². The number of pyridine rings is 1. The van der Waals surface area contributed by atoms with Gasteiger partial charge in [-0.1, -0.05) is 6.07 Å². The van der Waals surface area contributed by atoms with Crippen molar-refractivity contribution in [3.8, 4) is 0 Å². The first-order valence-electron chi connectivity index (χ1n) is 9.33. The molecule has 6 heteroatoms. The molecule has 0 spiro atoms. The predicted octanol–water partition coefficient (Wildman–Crippen LogP) is 1.53. The number of hydrogen-bond acceptors (Lipinski definition) is 5. The Morgan fingerprint density at radius 1 is 1.28 bits per heavy atom. The summed E-state index contributed by atoms with van der Waals surface area (Å²) in [7, 11) is 4.09. The Kier molecular flexibility index (Phi) is 6.39. The molecule has 6 nitrogen and oxygen atoms in total. The second-order valence-corrected chi connectivity index (χ2v) is 7.24. The van der Waals surface area contributed by atoms with Crippen LogP contribution in [0.3, 0.4) is 0 Å². The number of rotatable bonds is 6. The lowest BCUT2D eigenvalue weighted by molar-refractivity contribution is -0.132. The van der Waals surface area contributed by atoms with Crippen LogP contribution < -0.4 is 0 Å². The number of amides is 1. The largest absolute Gasteiger partial charge is 0.379 e. The Morgan fingerprint density at radius 2 is 2.08 bits per heavy atom. The van der Waals surface area contributed by atoms with E-state index < -0.39 is 0 Å². The van der Waals surface area contributed by atoms with E-state index in [1.54, 1.807) is 0 Å². The van der Waals surface area contributed by atoms with Gasteiger partial charge < -0.3 is 14.5 Å². The van der Waals surface area contributed by atoms with E-state index in [-0.39, 0.29) is 11.9 Å². The lowest BCUT2D eigenvalue weighted by atomic mass is 10.1. The lowest BCUT2D eigenvalue weighted by Crippen LogP contribution is -2.39. The molecule has 1 aromatic rings. The molecule has 25 heavy (non-hydrogen) atoms. The molecule has 0 aromatic carbocycles. The highest BCUT2D eigenvalue weighted by molar-refractivity contribution is 5.77. The molecule has 2 saturated heterocycles. The summed E-state index contributed by atoms with van der Waals surface area (Å²) in [5, 5.41) is 0. The molecule has 1 atom stereocenters. The number of carbonyl (C=O) groups is 1. The first-order chi connectivity index (χ1) is 12.1. The first-order valence-corrected chi connectivity index (χ1v) is 9.33. The molecular weight excluding hydrogens is 316 g/mol. The van der Waals surface area contributed by atoms with Crippen LogP contribution in [0.1, 0.15) is 36.7 Å². The van der Waals surface area contributed by atoms with E-state index >= 15 is 0 Å². The van der Waals surface area contributed by atoms with Gasteiger partial charge in [-0.25, -0.2) is 0 Å². The second-order valence-electron chi connectivity index (χ2n) is 7.24. The van der Waals surface area contributed by atoms with Crippen molar-refractivity contribution in [2.75, 3.05) is 53.5 Å². The molecule has 138 valence electrons. The lowest BCUT2D eigenvalue weighted by Gasteiger charge is -2.29. The quantitative estimate of drug-likeness (QED) is 0.782. The van der Waals surface area contributed by atoms with Gasteiger partial charge in [-0.15, -0.1) is 0 Å². The molecule has 0 aliphatic carbocycles. The van der Waals surface area contributed by atoms with Crippen LogP contribution in [0.25, 0.3) is 0 Å². The van der Waals surface area contributed by atoms with Gasteiger partial charge in [-0.05, 0) is 39.1 Å². The molecule has 1 amide bonds. The highest BCUT2D eigenvalue weighted by Crippen LogP contribution is 2.31. The Balaban J connectivity index is 1.60. The molecule has 2 aliphatic heterocycles. The number of morpholine rings is 1. The molecule has 1 aromatic heterocycles. The van der Waals surface area contributed by atoms with Crippen molar-refractivity contribution in [3.05, 3.63) is 29.6 Å². The molecule has 3 rings (SSSR count). The third-order valence-corrected chi connectivity index (χ3v) is 4.97. The number of ether oxygens (including phenoxy) is 1. The van der Waals surface area contributed by atoms with Crippen molar-refractivity contribution < 1.29 is 9.53 Å². The smallest absolute Gasteiger partial charge is 0.224 e. The van der Waals surface area contributed by atoms with Gasteiger partial charge in [-0.3, -0.25) is 14.7 Å². The van der Waals surface area contributed by atoms with E-state index in [1.165, 1.54) is 0 Å². The molecule has 2 fully saturated rings. The third-order valence-electron chi connectivity index (χ3n) is 4.97. The SMILES string of the molecule is CN(C)Cc1cccc([C@@H]2CCCN2C(=O)CCN2CCOCC2)n1. The molecule has 0 radical (unpaired) electrons. The van der Waals surface area contributed by atoms with Crippen molar-refractivity contribution in [1.29, 1.82) is 0 Å². The van der Waals surface area contributed by atoms with Gasteiger partial charge in [0.1, 0.15) is 0 Å². The Hall–Kier alpha value is -1.50. The summed E-state index contributed by atoms with van der Waals surface area (Å²) >= 11 is 0. The maximum absolute atomic E-state index is 12.8. The van der Waals surface area contributed by atoms with Gasteiger partial charge in [0, 0.05) is 39.1 Å². The van der Waals surface area contributed by atoms with E-state index in [4.69, 9.17) is 9.72 Å². The fraction of sp³-hybridized carbons (Fsp3) is 0.684. The molecular formula is C19H30N4O2. The molecule has 2 aliphatic rings. The van der Waals surface area contributed by atoms with Crippen LogP contribution in [0.5, 0.6) is 0 Å². The maximum Gasteiger partial charge on any atom is 0.224 e. The van der Waals surface area contributed by atoms with E-state index in [1.807, 2.05) is 19.0 Å². The van der Waals surface area contributed by atoms with Crippen LogP contribution in [-0.4, -0.2) is 79.1 Å². The van der Waals surface area contributed by atoms with Crippen molar-refractivity contribution in [3.63, 3.8) is 0 Å². The average molecular weight is 346 g/mol. The van der Waals surface area contributed by atoms with Gasteiger partial charge in [-0.2, -0.15) is 0 Å². The fourth-order valence-corrected chi connectivity index (χ4v) is 3.69. The zero-order valence-electron chi connectivity index (χ0n) is 15.5. The third kappa shape index (κ3) is 5.00. The van der Waals surface area contributed by atoms with E-state index in [0.717, 1.165) is 70.2 Å². The molecule has 0 saturated carbocycles. The van der Waals surface area contributed by atoms with Crippen LogP contribution >= 0.6 is 0 Å². The van der Waals surface area contributed by atoms with Gasteiger partial charge in [0.2, 0.25) is 5.91 Å². The minimum atomic E-state index is 0.138.